The van der Waals surface area contributed by atoms with E-state index in [-0.39, 0.29) is 6.10 Å². The van der Waals surface area contributed by atoms with Crippen molar-refractivity contribution in [2.24, 2.45) is 0 Å². The van der Waals surface area contributed by atoms with Crippen LogP contribution in [-0.4, -0.2) is 17.7 Å². The number of ether oxygens (including phenoxy) is 2. The number of nitriles is 1. The van der Waals surface area contributed by atoms with Crippen molar-refractivity contribution < 1.29 is 9.47 Å². The highest BCUT2D eigenvalue weighted by Crippen LogP contribution is 2.38. The summed E-state index contributed by atoms with van der Waals surface area (Å²) >= 11 is 7.88. The summed E-state index contributed by atoms with van der Waals surface area (Å²) in [6, 6.07) is 15.7. The van der Waals surface area contributed by atoms with E-state index in [0.717, 1.165) is 16.8 Å². The van der Waals surface area contributed by atoms with Gasteiger partial charge in [0, 0.05) is 10.9 Å². The van der Waals surface area contributed by atoms with Crippen molar-refractivity contribution in [3.63, 3.8) is 0 Å². The third-order valence-electron chi connectivity index (χ3n) is 3.92. The van der Waals surface area contributed by atoms with E-state index in [1.54, 1.807) is 12.1 Å². The third-order valence-corrected chi connectivity index (χ3v) is 5.08. The molecule has 3 aromatic rings. The summed E-state index contributed by atoms with van der Waals surface area (Å²) in [5.74, 6) is 1.07. The molecule has 3 rings (SSSR count). The fourth-order valence-corrected chi connectivity index (χ4v) is 3.79. The van der Waals surface area contributed by atoms with Crippen LogP contribution in [0.25, 0.3) is 22.9 Å². The lowest BCUT2D eigenvalue weighted by atomic mass is 10.1. The van der Waals surface area contributed by atoms with Crippen LogP contribution >= 0.6 is 22.9 Å². The van der Waals surface area contributed by atoms with Crippen molar-refractivity contribution in [1.29, 1.82) is 5.26 Å². The first-order chi connectivity index (χ1) is 14.0. The highest BCUT2D eigenvalue weighted by atomic mass is 35.5. The van der Waals surface area contributed by atoms with Gasteiger partial charge in [0.25, 0.3) is 0 Å². The Morgan fingerprint density at radius 2 is 2.03 bits per heavy atom. The molecule has 1 aromatic heterocycles. The number of hydrogen-bond acceptors (Lipinski definition) is 5. The monoisotopic (exact) mass is 424 g/mol. The molecule has 0 saturated heterocycles. The lowest BCUT2D eigenvalue weighted by Gasteiger charge is -2.16. The smallest absolute Gasteiger partial charge is 0.180 e. The van der Waals surface area contributed by atoms with Crippen LogP contribution in [0.15, 0.2) is 47.8 Å². The van der Waals surface area contributed by atoms with Crippen LogP contribution in [0.3, 0.4) is 0 Å². The second-order valence-corrected chi connectivity index (χ2v) is 7.77. The highest BCUT2D eigenvalue weighted by Gasteiger charge is 2.15. The minimum Gasteiger partial charge on any atom is -0.490 e. The zero-order valence-corrected chi connectivity index (χ0v) is 18.1. The Labute approximate surface area is 180 Å². The normalized spacial score (nSPS) is 11.4. The first kappa shape index (κ1) is 20.9. The molecule has 0 saturated carbocycles. The molecule has 2 aromatic carbocycles. The zero-order chi connectivity index (χ0) is 20.8. The van der Waals surface area contributed by atoms with Gasteiger partial charge in [0.1, 0.15) is 11.1 Å². The van der Waals surface area contributed by atoms with Crippen LogP contribution in [0.1, 0.15) is 31.3 Å². The average molecular weight is 425 g/mol. The van der Waals surface area contributed by atoms with Crippen molar-refractivity contribution >= 4 is 34.6 Å². The van der Waals surface area contributed by atoms with Gasteiger partial charge in [-0.1, -0.05) is 41.9 Å². The SMILES string of the molecule is CCOc1cc(/C=C(/C#N)c2nc(-c3ccccc3)cs2)cc(Cl)c1OC(C)C. The molecule has 0 bridgehead atoms. The van der Waals surface area contributed by atoms with E-state index in [2.05, 4.69) is 11.1 Å². The van der Waals surface area contributed by atoms with E-state index in [4.69, 9.17) is 21.1 Å². The van der Waals surface area contributed by atoms with E-state index in [0.29, 0.717) is 33.7 Å². The highest BCUT2D eigenvalue weighted by molar-refractivity contribution is 7.11. The maximum atomic E-state index is 9.70. The maximum Gasteiger partial charge on any atom is 0.180 e. The van der Waals surface area contributed by atoms with Gasteiger partial charge in [-0.15, -0.1) is 11.3 Å². The zero-order valence-electron chi connectivity index (χ0n) is 16.5. The van der Waals surface area contributed by atoms with Crippen molar-refractivity contribution in [2.75, 3.05) is 6.61 Å². The topological polar surface area (TPSA) is 55.1 Å². The molecule has 0 amide bonds. The van der Waals surface area contributed by atoms with Crippen LogP contribution in [0.5, 0.6) is 11.5 Å². The summed E-state index contributed by atoms with van der Waals surface area (Å²) in [5.41, 5.74) is 3.08. The second-order valence-electron chi connectivity index (χ2n) is 6.50. The summed E-state index contributed by atoms with van der Waals surface area (Å²) in [6.45, 7) is 6.24. The second kappa shape index (κ2) is 9.60. The molecular formula is C23H21ClN2O2S. The molecule has 0 aliphatic carbocycles. The third kappa shape index (κ3) is 5.17. The Morgan fingerprint density at radius 3 is 2.69 bits per heavy atom. The fraction of sp³-hybridized carbons (Fsp3) is 0.217. The van der Waals surface area contributed by atoms with E-state index >= 15 is 0 Å². The molecule has 0 spiro atoms. The molecule has 0 aliphatic rings. The van der Waals surface area contributed by atoms with Gasteiger partial charge < -0.3 is 9.47 Å². The predicted molar refractivity (Wildman–Crippen MR) is 119 cm³/mol. The molecule has 4 nitrogen and oxygen atoms in total. The van der Waals surface area contributed by atoms with Gasteiger partial charge >= 0.3 is 0 Å². The summed E-state index contributed by atoms with van der Waals surface area (Å²) < 4.78 is 11.5. The lowest BCUT2D eigenvalue weighted by molar-refractivity contribution is 0.224. The number of hydrogen-bond donors (Lipinski definition) is 0. The van der Waals surface area contributed by atoms with E-state index in [9.17, 15) is 5.26 Å². The number of aromatic nitrogens is 1. The lowest BCUT2D eigenvalue weighted by Crippen LogP contribution is -2.08. The molecule has 0 N–H and O–H groups in total. The molecule has 0 unspecified atom stereocenters. The minimum absolute atomic E-state index is 0.0329. The van der Waals surface area contributed by atoms with Crippen molar-refractivity contribution in [2.45, 2.75) is 26.9 Å². The Bertz CT molecular complexity index is 1050. The molecule has 0 fully saturated rings. The molecular weight excluding hydrogens is 404 g/mol. The minimum atomic E-state index is -0.0329. The number of benzene rings is 2. The average Bonchev–Trinajstić information content (AvgIpc) is 3.19. The van der Waals surface area contributed by atoms with Crippen LogP contribution in [0.2, 0.25) is 5.02 Å². The maximum absolute atomic E-state index is 9.70. The van der Waals surface area contributed by atoms with Crippen LogP contribution < -0.4 is 9.47 Å². The quantitative estimate of drug-likeness (QED) is 0.395. The molecule has 148 valence electrons. The summed E-state index contributed by atoms with van der Waals surface area (Å²) in [4.78, 5) is 4.62. The van der Waals surface area contributed by atoms with Crippen LogP contribution in [0, 0.1) is 11.3 Å². The summed E-state index contributed by atoms with van der Waals surface area (Å²) in [6.07, 6.45) is 1.73. The van der Waals surface area contributed by atoms with Gasteiger partial charge in [-0.05, 0) is 44.5 Å². The molecule has 29 heavy (non-hydrogen) atoms. The van der Waals surface area contributed by atoms with E-state index < -0.39 is 0 Å². The van der Waals surface area contributed by atoms with Gasteiger partial charge in [-0.25, -0.2) is 4.98 Å². The van der Waals surface area contributed by atoms with Crippen LogP contribution in [0.4, 0.5) is 0 Å². The molecule has 0 aliphatic heterocycles. The van der Waals surface area contributed by atoms with Crippen molar-refractivity contribution in [1.82, 2.24) is 4.98 Å². The number of thiazole rings is 1. The van der Waals surface area contributed by atoms with Crippen LogP contribution in [-0.2, 0) is 0 Å². The molecule has 1 heterocycles. The van der Waals surface area contributed by atoms with Gasteiger partial charge in [0.15, 0.2) is 11.5 Å². The van der Waals surface area contributed by atoms with Crippen molar-refractivity contribution in [3.8, 4) is 28.8 Å². The standard InChI is InChI=1S/C23H21ClN2O2S/c1-4-27-21-12-16(11-19(24)22(21)28-15(2)3)10-18(13-25)23-26-20(14-29-23)17-8-6-5-7-9-17/h5-12,14-15H,4H2,1-3H3/b18-10-. The number of allylic oxidation sites excluding steroid dienone is 1. The van der Waals surface area contributed by atoms with Gasteiger partial charge in [-0.3, -0.25) is 0 Å². The van der Waals surface area contributed by atoms with E-state index in [1.165, 1.54) is 11.3 Å². The largest absolute Gasteiger partial charge is 0.490 e. The summed E-state index contributed by atoms with van der Waals surface area (Å²) in [5, 5.41) is 12.7. The van der Waals surface area contributed by atoms with Gasteiger partial charge in [0.05, 0.1) is 29.0 Å². The number of nitrogens with zero attached hydrogens (tertiary/aromatic N) is 2. The van der Waals surface area contributed by atoms with Crippen molar-refractivity contribution in [3.05, 3.63) is 63.4 Å². The van der Waals surface area contributed by atoms with Gasteiger partial charge in [-0.2, -0.15) is 5.26 Å². The molecule has 6 heteroatoms. The Kier molecular flexibility index (Phi) is 6.92. The predicted octanol–water partition coefficient (Wildman–Crippen LogP) is 6.71. The molecule has 0 radical (unpaired) electrons. The first-order valence-corrected chi connectivity index (χ1v) is 10.5. The Morgan fingerprint density at radius 1 is 1.28 bits per heavy atom. The number of halogens is 1. The summed E-state index contributed by atoms with van der Waals surface area (Å²) in [7, 11) is 0. The molecule has 0 atom stereocenters. The fourth-order valence-electron chi connectivity index (χ4n) is 2.73. The van der Waals surface area contributed by atoms with Gasteiger partial charge in [0.2, 0.25) is 0 Å². The number of rotatable bonds is 7. The van der Waals surface area contributed by atoms with E-state index in [1.807, 2.05) is 62.5 Å². The first-order valence-electron chi connectivity index (χ1n) is 9.28. The Balaban J connectivity index is 1.97. The Hall–Kier alpha value is -2.81.